The Morgan fingerprint density at radius 2 is 2.21 bits per heavy atom. The van der Waals surface area contributed by atoms with Gasteiger partial charge in [-0.2, -0.15) is 11.8 Å². The van der Waals surface area contributed by atoms with Crippen LogP contribution in [-0.4, -0.2) is 12.4 Å². The molecule has 0 aromatic heterocycles. The molecule has 1 aliphatic heterocycles. The van der Waals surface area contributed by atoms with Gasteiger partial charge in [-0.15, -0.1) is 0 Å². The fourth-order valence-electron chi connectivity index (χ4n) is 1.47. The summed E-state index contributed by atoms with van der Waals surface area (Å²) in [5.41, 5.74) is 1.23. The Morgan fingerprint density at radius 1 is 1.29 bits per heavy atom. The molecule has 0 fully saturated rings. The van der Waals surface area contributed by atoms with E-state index in [4.69, 9.17) is 16.3 Å². The van der Waals surface area contributed by atoms with Crippen LogP contribution in [-0.2, 0) is 5.75 Å². The summed E-state index contributed by atoms with van der Waals surface area (Å²) in [4.78, 5) is 0. The maximum absolute atomic E-state index is 5.95. The number of ether oxygens (including phenoxy) is 1. The summed E-state index contributed by atoms with van der Waals surface area (Å²) in [7, 11) is 0. The number of benzene rings is 1. The molecule has 1 aliphatic rings. The fourth-order valence-corrected chi connectivity index (χ4v) is 2.66. The van der Waals surface area contributed by atoms with Crippen LogP contribution in [0, 0.1) is 0 Å². The zero-order valence-corrected chi connectivity index (χ0v) is 9.53. The maximum Gasteiger partial charge on any atom is 0.123 e. The first-order valence-electron chi connectivity index (χ1n) is 4.85. The van der Waals surface area contributed by atoms with Crippen molar-refractivity contribution in [1.82, 2.24) is 0 Å². The highest BCUT2D eigenvalue weighted by Crippen LogP contribution is 2.28. The minimum absolute atomic E-state index is 0.798. The zero-order valence-electron chi connectivity index (χ0n) is 7.96. The molecule has 0 bridgehead atoms. The average molecular weight is 229 g/mol. The smallest absolute Gasteiger partial charge is 0.123 e. The van der Waals surface area contributed by atoms with E-state index in [1.165, 1.54) is 17.7 Å². The number of halogens is 1. The van der Waals surface area contributed by atoms with Crippen LogP contribution in [0.15, 0.2) is 18.2 Å². The summed E-state index contributed by atoms with van der Waals surface area (Å²) in [6.45, 7) is 0.829. The van der Waals surface area contributed by atoms with Gasteiger partial charge in [-0.25, -0.2) is 0 Å². The summed E-state index contributed by atoms with van der Waals surface area (Å²) >= 11 is 7.90. The molecule has 1 heterocycles. The van der Waals surface area contributed by atoms with Gasteiger partial charge in [0.05, 0.1) is 6.61 Å². The Labute approximate surface area is 93.8 Å². The van der Waals surface area contributed by atoms with Gasteiger partial charge in [0.15, 0.2) is 0 Å². The van der Waals surface area contributed by atoms with Crippen molar-refractivity contribution in [3.63, 3.8) is 0 Å². The van der Waals surface area contributed by atoms with Crippen molar-refractivity contribution in [2.24, 2.45) is 0 Å². The molecule has 76 valence electrons. The minimum atomic E-state index is 0.798. The van der Waals surface area contributed by atoms with Gasteiger partial charge >= 0.3 is 0 Å². The van der Waals surface area contributed by atoms with Gasteiger partial charge in [0, 0.05) is 16.3 Å². The monoisotopic (exact) mass is 228 g/mol. The first kappa shape index (κ1) is 10.2. The first-order chi connectivity index (χ1) is 6.86. The number of fused-ring (bicyclic) bond motifs is 1. The summed E-state index contributed by atoms with van der Waals surface area (Å²) < 4.78 is 5.69. The molecule has 14 heavy (non-hydrogen) atoms. The Balaban J connectivity index is 2.22. The highest BCUT2D eigenvalue weighted by molar-refractivity contribution is 7.98. The summed E-state index contributed by atoms with van der Waals surface area (Å²) in [6.07, 6.45) is 2.39. The van der Waals surface area contributed by atoms with E-state index in [1.807, 2.05) is 30.0 Å². The molecule has 0 spiro atoms. The van der Waals surface area contributed by atoms with Gasteiger partial charge in [-0.05, 0) is 36.8 Å². The second-order valence-electron chi connectivity index (χ2n) is 3.36. The molecule has 2 rings (SSSR count). The molecular formula is C11H13ClOS. The topological polar surface area (TPSA) is 9.23 Å². The Bertz CT molecular complexity index is 314. The molecule has 1 aromatic rings. The SMILES string of the molecule is Clc1ccc2c(c1)CSCCCCO2. The summed E-state index contributed by atoms with van der Waals surface area (Å²) in [5, 5.41) is 0.798. The third-order valence-electron chi connectivity index (χ3n) is 2.22. The molecule has 0 saturated heterocycles. The molecule has 0 radical (unpaired) electrons. The lowest BCUT2D eigenvalue weighted by Crippen LogP contribution is -1.98. The van der Waals surface area contributed by atoms with Crippen molar-refractivity contribution >= 4 is 23.4 Å². The van der Waals surface area contributed by atoms with Gasteiger partial charge in [-0.1, -0.05) is 11.6 Å². The zero-order chi connectivity index (χ0) is 9.80. The second kappa shape index (κ2) is 4.94. The Kier molecular flexibility index (Phi) is 3.60. The lowest BCUT2D eigenvalue weighted by atomic mass is 10.2. The molecule has 0 aliphatic carbocycles. The molecule has 0 atom stereocenters. The van der Waals surface area contributed by atoms with Gasteiger partial charge in [-0.3, -0.25) is 0 Å². The molecular weight excluding hydrogens is 216 g/mol. The standard InChI is InChI=1S/C11H13ClOS/c12-10-3-4-11-9(7-10)8-14-6-2-1-5-13-11/h3-4,7H,1-2,5-6,8H2. The number of hydrogen-bond acceptors (Lipinski definition) is 2. The van der Waals surface area contributed by atoms with Crippen molar-refractivity contribution in [2.75, 3.05) is 12.4 Å². The summed E-state index contributed by atoms with van der Waals surface area (Å²) in [6, 6.07) is 5.88. The van der Waals surface area contributed by atoms with E-state index in [9.17, 15) is 0 Å². The lowest BCUT2D eigenvalue weighted by Gasteiger charge is -2.09. The quantitative estimate of drug-likeness (QED) is 0.669. The Morgan fingerprint density at radius 3 is 3.14 bits per heavy atom. The van der Waals surface area contributed by atoms with Crippen LogP contribution in [0.2, 0.25) is 5.02 Å². The van der Waals surface area contributed by atoms with E-state index in [0.29, 0.717) is 0 Å². The molecule has 0 unspecified atom stereocenters. The number of rotatable bonds is 0. The van der Waals surface area contributed by atoms with E-state index in [0.717, 1.165) is 29.6 Å². The van der Waals surface area contributed by atoms with Crippen molar-refractivity contribution in [3.05, 3.63) is 28.8 Å². The van der Waals surface area contributed by atoms with E-state index in [2.05, 4.69) is 0 Å². The highest BCUT2D eigenvalue weighted by atomic mass is 35.5. The van der Waals surface area contributed by atoms with Crippen LogP contribution in [0.25, 0.3) is 0 Å². The molecule has 1 nitrogen and oxygen atoms in total. The normalized spacial score (nSPS) is 17.2. The van der Waals surface area contributed by atoms with Crippen molar-refractivity contribution < 1.29 is 4.74 Å². The first-order valence-corrected chi connectivity index (χ1v) is 6.38. The van der Waals surface area contributed by atoms with Crippen molar-refractivity contribution in [1.29, 1.82) is 0 Å². The molecule has 1 aromatic carbocycles. The number of hydrogen-bond donors (Lipinski definition) is 0. The highest BCUT2D eigenvalue weighted by Gasteiger charge is 2.07. The van der Waals surface area contributed by atoms with Crippen LogP contribution in [0.5, 0.6) is 5.75 Å². The predicted molar refractivity (Wildman–Crippen MR) is 62.3 cm³/mol. The van der Waals surface area contributed by atoms with Crippen LogP contribution >= 0.6 is 23.4 Å². The third-order valence-corrected chi connectivity index (χ3v) is 3.55. The summed E-state index contributed by atoms with van der Waals surface area (Å²) in [5.74, 6) is 3.23. The van der Waals surface area contributed by atoms with Gasteiger partial charge in [0.1, 0.15) is 5.75 Å². The third kappa shape index (κ3) is 2.58. The largest absolute Gasteiger partial charge is 0.493 e. The van der Waals surface area contributed by atoms with Crippen LogP contribution in [0.3, 0.4) is 0 Å². The fraction of sp³-hybridized carbons (Fsp3) is 0.455. The van der Waals surface area contributed by atoms with Gasteiger partial charge in [0.25, 0.3) is 0 Å². The van der Waals surface area contributed by atoms with E-state index in [-0.39, 0.29) is 0 Å². The van der Waals surface area contributed by atoms with E-state index in [1.54, 1.807) is 0 Å². The average Bonchev–Trinajstić information content (AvgIpc) is 2.29. The molecule has 0 saturated carbocycles. The minimum Gasteiger partial charge on any atom is -0.493 e. The van der Waals surface area contributed by atoms with Gasteiger partial charge in [0.2, 0.25) is 0 Å². The van der Waals surface area contributed by atoms with E-state index >= 15 is 0 Å². The van der Waals surface area contributed by atoms with Crippen LogP contribution in [0.1, 0.15) is 18.4 Å². The van der Waals surface area contributed by atoms with E-state index < -0.39 is 0 Å². The van der Waals surface area contributed by atoms with Crippen LogP contribution < -0.4 is 4.74 Å². The maximum atomic E-state index is 5.95. The van der Waals surface area contributed by atoms with Crippen LogP contribution in [0.4, 0.5) is 0 Å². The second-order valence-corrected chi connectivity index (χ2v) is 4.90. The van der Waals surface area contributed by atoms with Crippen molar-refractivity contribution in [2.45, 2.75) is 18.6 Å². The molecule has 0 N–H and O–H groups in total. The van der Waals surface area contributed by atoms with Gasteiger partial charge < -0.3 is 4.74 Å². The molecule has 3 heteroatoms. The van der Waals surface area contributed by atoms with Crippen molar-refractivity contribution in [3.8, 4) is 5.75 Å². The molecule has 0 amide bonds. The predicted octanol–water partition coefficient (Wildman–Crippen LogP) is 3.75. The Hall–Kier alpha value is -0.340. The lowest BCUT2D eigenvalue weighted by molar-refractivity contribution is 0.308. The number of thioether (sulfide) groups is 1.